The molecule has 0 aromatic rings. The van der Waals surface area contributed by atoms with E-state index in [1.165, 1.54) is 6.42 Å². The summed E-state index contributed by atoms with van der Waals surface area (Å²) >= 11 is 0. The van der Waals surface area contributed by atoms with Gasteiger partial charge in [0.25, 0.3) is 0 Å². The van der Waals surface area contributed by atoms with Crippen LogP contribution in [-0.4, -0.2) is 37.6 Å². The summed E-state index contributed by atoms with van der Waals surface area (Å²) in [4.78, 5) is 2.25. The van der Waals surface area contributed by atoms with E-state index < -0.39 is 0 Å². The Morgan fingerprint density at radius 2 is 1.85 bits per heavy atom. The molecule has 1 unspecified atom stereocenters. The van der Waals surface area contributed by atoms with E-state index >= 15 is 0 Å². The molecule has 1 atom stereocenters. The van der Waals surface area contributed by atoms with Crippen molar-refractivity contribution in [2.45, 2.75) is 33.2 Å². The molecule has 0 heterocycles. The Kier molecular flexibility index (Phi) is 5.53. The molecule has 4 N–H and O–H groups in total. The first-order chi connectivity index (χ1) is 5.85. The van der Waals surface area contributed by atoms with Crippen LogP contribution in [0.4, 0.5) is 0 Å². The van der Waals surface area contributed by atoms with Crippen LogP contribution in [-0.2, 0) is 0 Å². The number of hydrogen-bond acceptors (Lipinski definition) is 3. The van der Waals surface area contributed by atoms with Gasteiger partial charge in [0, 0.05) is 19.1 Å². The van der Waals surface area contributed by atoms with Gasteiger partial charge in [-0.15, -0.1) is 0 Å². The van der Waals surface area contributed by atoms with Crippen molar-refractivity contribution >= 4 is 0 Å². The van der Waals surface area contributed by atoms with Crippen LogP contribution in [0.25, 0.3) is 0 Å². The van der Waals surface area contributed by atoms with E-state index in [0.29, 0.717) is 12.0 Å². The summed E-state index contributed by atoms with van der Waals surface area (Å²) in [6, 6.07) is 0.116. The lowest BCUT2D eigenvalue weighted by molar-refractivity contribution is 0.254. The molecule has 0 amide bonds. The van der Waals surface area contributed by atoms with Crippen LogP contribution < -0.4 is 11.5 Å². The highest BCUT2D eigenvalue weighted by atomic mass is 15.1. The number of hydrogen-bond donors (Lipinski definition) is 2. The SMILES string of the molecule is CN(CCC(C)(C)C)CC(N)CN. The average Bonchev–Trinajstić information content (AvgIpc) is 1.99. The molecule has 0 aromatic heterocycles. The van der Waals surface area contributed by atoms with Crippen LogP contribution in [0.5, 0.6) is 0 Å². The van der Waals surface area contributed by atoms with E-state index in [0.717, 1.165) is 13.1 Å². The minimum absolute atomic E-state index is 0.116. The van der Waals surface area contributed by atoms with Gasteiger partial charge in [0.15, 0.2) is 0 Å². The fourth-order valence-corrected chi connectivity index (χ4v) is 1.09. The Morgan fingerprint density at radius 1 is 1.31 bits per heavy atom. The van der Waals surface area contributed by atoms with E-state index in [2.05, 4.69) is 32.7 Å². The van der Waals surface area contributed by atoms with Crippen molar-refractivity contribution in [1.29, 1.82) is 0 Å². The zero-order valence-corrected chi connectivity index (χ0v) is 9.51. The molecule has 0 rings (SSSR count). The predicted octanol–water partition coefficient (Wildman–Crippen LogP) is 0.640. The highest BCUT2D eigenvalue weighted by molar-refractivity contribution is 4.69. The van der Waals surface area contributed by atoms with E-state index in [9.17, 15) is 0 Å². The lowest BCUT2D eigenvalue weighted by Crippen LogP contribution is -2.41. The smallest absolute Gasteiger partial charge is 0.0292 e. The Balaban J connectivity index is 3.57. The third-order valence-electron chi connectivity index (χ3n) is 2.09. The molecule has 0 saturated heterocycles. The molecule has 0 aliphatic heterocycles. The molecule has 0 spiro atoms. The molecule has 3 nitrogen and oxygen atoms in total. The molecular weight excluding hydrogens is 162 g/mol. The molecule has 0 fully saturated rings. The monoisotopic (exact) mass is 187 g/mol. The zero-order chi connectivity index (χ0) is 10.5. The van der Waals surface area contributed by atoms with Crippen LogP contribution in [0.3, 0.4) is 0 Å². The Morgan fingerprint density at radius 3 is 2.23 bits per heavy atom. The quantitative estimate of drug-likeness (QED) is 0.664. The van der Waals surface area contributed by atoms with Crippen molar-refractivity contribution in [2.24, 2.45) is 16.9 Å². The molecule has 3 heteroatoms. The molecule has 13 heavy (non-hydrogen) atoms. The van der Waals surface area contributed by atoms with E-state index in [4.69, 9.17) is 11.5 Å². The van der Waals surface area contributed by atoms with Gasteiger partial charge in [-0.25, -0.2) is 0 Å². The van der Waals surface area contributed by atoms with E-state index in [-0.39, 0.29) is 6.04 Å². The van der Waals surface area contributed by atoms with Crippen molar-refractivity contribution in [3.8, 4) is 0 Å². The number of rotatable bonds is 5. The van der Waals surface area contributed by atoms with Crippen molar-refractivity contribution < 1.29 is 0 Å². The van der Waals surface area contributed by atoms with Gasteiger partial charge in [-0.05, 0) is 25.4 Å². The maximum Gasteiger partial charge on any atom is 0.0292 e. The summed E-state index contributed by atoms with van der Waals surface area (Å²) < 4.78 is 0. The third-order valence-corrected chi connectivity index (χ3v) is 2.09. The Bertz CT molecular complexity index is 129. The summed E-state index contributed by atoms with van der Waals surface area (Å²) in [7, 11) is 2.10. The normalized spacial score (nSPS) is 15.0. The van der Waals surface area contributed by atoms with Gasteiger partial charge < -0.3 is 16.4 Å². The average molecular weight is 187 g/mol. The fourth-order valence-electron chi connectivity index (χ4n) is 1.09. The third kappa shape index (κ3) is 8.22. The minimum atomic E-state index is 0.116. The molecule has 80 valence electrons. The van der Waals surface area contributed by atoms with Crippen LogP contribution >= 0.6 is 0 Å². The second-order valence-electron chi connectivity index (χ2n) is 5.07. The first-order valence-corrected chi connectivity index (χ1v) is 4.99. The topological polar surface area (TPSA) is 55.3 Å². The van der Waals surface area contributed by atoms with Crippen molar-refractivity contribution in [3.63, 3.8) is 0 Å². The summed E-state index contributed by atoms with van der Waals surface area (Å²) in [5, 5.41) is 0. The second kappa shape index (κ2) is 5.58. The first-order valence-electron chi connectivity index (χ1n) is 4.99. The van der Waals surface area contributed by atoms with Gasteiger partial charge in [-0.2, -0.15) is 0 Å². The van der Waals surface area contributed by atoms with Gasteiger partial charge in [-0.1, -0.05) is 20.8 Å². The summed E-state index contributed by atoms with van der Waals surface area (Å²) in [6.07, 6.45) is 1.20. The van der Waals surface area contributed by atoms with Crippen LogP contribution in [0.1, 0.15) is 27.2 Å². The van der Waals surface area contributed by atoms with Gasteiger partial charge in [0.1, 0.15) is 0 Å². The number of likely N-dealkylation sites (N-methyl/N-ethyl adjacent to an activating group) is 1. The molecule has 0 aromatic carbocycles. The highest BCUT2D eigenvalue weighted by Gasteiger charge is 2.12. The van der Waals surface area contributed by atoms with E-state index in [1.807, 2.05) is 0 Å². The minimum Gasteiger partial charge on any atom is -0.329 e. The maximum absolute atomic E-state index is 5.75. The van der Waals surface area contributed by atoms with Gasteiger partial charge in [-0.3, -0.25) is 0 Å². The second-order valence-corrected chi connectivity index (χ2v) is 5.07. The molecule has 0 radical (unpaired) electrons. The highest BCUT2D eigenvalue weighted by Crippen LogP contribution is 2.18. The van der Waals surface area contributed by atoms with Gasteiger partial charge in [0.2, 0.25) is 0 Å². The number of nitrogens with two attached hydrogens (primary N) is 2. The zero-order valence-electron chi connectivity index (χ0n) is 9.51. The molecule has 0 bridgehead atoms. The molecule has 0 aliphatic carbocycles. The first kappa shape index (κ1) is 12.9. The van der Waals surface area contributed by atoms with Gasteiger partial charge >= 0.3 is 0 Å². The number of nitrogens with zero attached hydrogens (tertiary/aromatic N) is 1. The van der Waals surface area contributed by atoms with Crippen LogP contribution in [0.15, 0.2) is 0 Å². The largest absolute Gasteiger partial charge is 0.329 e. The Labute approximate surface area is 82.5 Å². The molecule has 0 saturated carbocycles. The molecular formula is C10H25N3. The summed E-state index contributed by atoms with van der Waals surface area (Å²) in [5.41, 5.74) is 11.6. The standard InChI is InChI=1S/C10H25N3/c1-10(2,3)5-6-13(4)8-9(12)7-11/h9H,5-8,11-12H2,1-4H3. The van der Waals surface area contributed by atoms with Crippen LogP contribution in [0, 0.1) is 5.41 Å². The van der Waals surface area contributed by atoms with Gasteiger partial charge in [0.05, 0.1) is 0 Å². The maximum atomic E-state index is 5.75. The van der Waals surface area contributed by atoms with Crippen molar-refractivity contribution in [1.82, 2.24) is 4.90 Å². The van der Waals surface area contributed by atoms with Crippen molar-refractivity contribution in [2.75, 3.05) is 26.7 Å². The predicted molar refractivity (Wildman–Crippen MR) is 58.6 cm³/mol. The lowest BCUT2D eigenvalue weighted by Gasteiger charge is -2.25. The lowest BCUT2D eigenvalue weighted by atomic mass is 9.92. The van der Waals surface area contributed by atoms with Crippen molar-refractivity contribution in [3.05, 3.63) is 0 Å². The summed E-state index contributed by atoms with van der Waals surface area (Å²) in [6.45, 7) is 9.32. The molecule has 0 aliphatic rings. The fraction of sp³-hybridized carbons (Fsp3) is 1.00. The van der Waals surface area contributed by atoms with Crippen LogP contribution in [0.2, 0.25) is 0 Å². The Hall–Kier alpha value is -0.120. The van der Waals surface area contributed by atoms with E-state index in [1.54, 1.807) is 0 Å². The summed E-state index contributed by atoms with van der Waals surface area (Å²) in [5.74, 6) is 0.